The average Bonchev–Trinajstić information content (AvgIpc) is 2.96. The van der Waals surface area contributed by atoms with Crippen LogP contribution < -0.4 is 5.10 Å². The maximum Gasteiger partial charge on any atom is 3.00 e. The molecule has 0 aliphatic carbocycles. The normalized spacial score (nSPS) is 10.8. The molecule has 1 aromatic heterocycles. The first kappa shape index (κ1) is 23.6. The van der Waals surface area contributed by atoms with Crippen LogP contribution in [-0.2, 0) is 45.0 Å². The third-order valence-electron chi connectivity index (χ3n) is 3.33. The second-order valence-electron chi connectivity index (χ2n) is 5.26. The summed E-state index contributed by atoms with van der Waals surface area (Å²) in [7, 11) is -0.494. The van der Waals surface area contributed by atoms with Gasteiger partial charge in [0.25, 0.3) is 0 Å². The Hall–Kier alpha value is -1.46. The first-order chi connectivity index (χ1) is 12.1. The smallest absolute Gasteiger partial charge is 0.779 e. The van der Waals surface area contributed by atoms with Gasteiger partial charge in [-0.25, -0.2) is 17.5 Å². The molecule has 146 valence electrons. The number of aromatic carboxylic acids is 1. The van der Waals surface area contributed by atoms with Gasteiger partial charge in [0.2, 0.25) is 10.0 Å². The zero-order chi connectivity index (χ0) is 19.5. The molecule has 0 atom stereocenters. The van der Waals surface area contributed by atoms with Crippen molar-refractivity contribution in [2.24, 2.45) is 0 Å². The molecule has 0 unspecified atom stereocenters. The van der Waals surface area contributed by atoms with Crippen molar-refractivity contribution in [3.05, 3.63) is 53.2 Å². The number of hydrogen-bond acceptors (Lipinski definition) is 5. The molecule has 2 aromatic carbocycles. The van der Waals surface area contributed by atoms with Crippen LogP contribution in [0.1, 0.15) is 10.4 Å². The van der Waals surface area contributed by atoms with Crippen LogP contribution in [0.15, 0.2) is 52.3 Å². The minimum atomic E-state index is -3.44. The van der Waals surface area contributed by atoms with Crippen LogP contribution >= 0.6 is 11.6 Å². The fourth-order valence-corrected chi connectivity index (χ4v) is 3.29. The van der Waals surface area contributed by atoms with E-state index in [1.54, 1.807) is 24.3 Å². The number of carboxylic acids is 1. The van der Waals surface area contributed by atoms with Crippen molar-refractivity contribution in [2.45, 2.75) is 9.79 Å². The van der Waals surface area contributed by atoms with E-state index < -0.39 is 16.0 Å². The molecule has 0 aliphatic heterocycles. The van der Waals surface area contributed by atoms with E-state index in [1.807, 2.05) is 0 Å². The first-order valence-corrected chi connectivity index (χ1v) is 9.37. The summed E-state index contributed by atoms with van der Waals surface area (Å²) in [5, 5.41) is 16.7. The van der Waals surface area contributed by atoms with Gasteiger partial charge in [0.1, 0.15) is 5.15 Å². The van der Waals surface area contributed by atoms with Crippen LogP contribution in [0.25, 0.3) is 10.9 Å². The number of hydrogen-bond donors (Lipinski definition) is 1. The molecule has 1 N–H and O–H groups in total. The van der Waals surface area contributed by atoms with E-state index in [4.69, 9.17) is 29.3 Å². The second kappa shape index (κ2) is 9.65. The Labute approximate surface area is 182 Å². The van der Waals surface area contributed by atoms with E-state index in [-0.39, 0.29) is 38.0 Å². The molecule has 0 fully saturated rings. The number of fused-ring (bicyclic) bond motifs is 1. The second-order valence-corrected chi connectivity index (χ2v) is 8.21. The number of nitrogens with zero attached hydrogens (tertiary/aromatic N) is 3. The van der Waals surface area contributed by atoms with E-state index in [0.717, 1.165) is 4.31 Å². The molecular formula is C16H14AuClN3O4S2+. The predicted molar refractivity (Wildman–Crippen MR) is 100.0 cm³/mol. The molecular weight excluding hydrogens is 595 g/mol. The van der Waals surface area contributed by atoms with Gasteiger partial charge in [0, 0.05) is 19.7 Å². The molecule has 3 aromatic rings. The van der Waals surface area contributed by atoms with Crippen molar-refractivity contribution in [1.82, 2.24) is 14.5 Å². The molecule has 3 rings (SSSR count). The summed E-state index contributed by atoms with van der Waals surface area (Å²) in [4.78, 5) is 10.9. The Bertz CT molecular complexity index is 1050. The molecule has 1 heterocycles. The SMILES string of the molecule is CN(C)S(=O)(=O)c1ccc2[n-]nc(Cl)c2c1.O=C(O)c1ccccc1[S-].[Au+3]. The number of carbonyl (C=O) groups is 1. The number of benzene rings is 2. The number of carboxylic acid groups (broad SMARTS) is 1. The Balaban J connectivity index is 0.000000288. The fourth-order valence-electron chi connectivity index (χ4n) is 1.93. The fraction of sp³-hybridized carbons (Fsp3) is 0.125. The molecule has 0 amide bonds. The Morgan fingerprint density at radius 3 is 2.37 bits per heavy atom. The largest absolute Gasteiger partial charge is 3.00 e. The minimum Gasteiger partial charge on any atom is -0.779 e. The zero-order valence-corrected chi connectivity index (χ0v) is 18.6. The summed E-state index contributed by atoms with van der Waals surface area (Å²) in [6, 6.07) is 11.0. The summed E-state index contributed by atoms with van der Waals surface area (Å²) in [6.07, 6.45) is 0. The number of sulfonamides is 1. The Morgan fingerprint density at radius 1 is 1.22 bits per heavy atom. The van der Waals surface area contributed by atoms with Gasteiger partial charge >= 0.3 is 28.3 Å². The van der Waals surface area contributed by atoms with Crippen LogP contribution in [0.4, 0.5) is 0 Å². The summed E-state index contributed by atoms with van der Waals surface area (Å²) >= 11 is 10.5. The number of halogens is 1. The van der Waals surface area contributed by atoms with E-state index in [1.165, 1.54) is 32.3 Å². The van der Waals surface area contributed by atoms with Gasteiger partial charge < -0.3 is 27.9 Å². The van der Waals surface area contributed by atoms with E-state index in [2.05, 4.69) is 10.2 Å². The molecule has 0 aliphatic rings. The van der Waals surface area contributed by atoms with Gasteiger partial charge in [-0.05, 0) is 23.6 Å². The van der Waals surface area contributed by atoms with Crippen molar-refractivity contribution in [2.75, 3.05) is 14.1 Å². The first-order valence-electron chi connectivity index (χ1n) is 7.15. The topological polar surface area (TPSA) is 102 Å². The van der Waals surface area contributed by atoms with Gasteiger partial charge in [0.05, 0.1) is 4.90 Å². The third-order valence-corrected chi connectivity index (χ3v) is 5.78. The maximum absolute atomic E-state index is 11.9. The molecule has 11 heteroatoms. The van der Waals surface area contributed by atoms with Crippen LogP contribution in [0.5, 0.6) is 0 Å². The Kier molecular flexibility index (Phi) is 8.43. The predicted octanol–water partition coefficient (Wildman–Crippen LogP) is 2.38. The molecule has 0 saturated heterocycles. The van der Waals surface area contributed by atoms with Gasteiger partial charge in [-0.1, -0.05) is 35.9 Å². The summed E-state index contributed by atoms with van der Waals surface area (Å²) in [5.41, 5.74) is 0.778. The van der Waals surface area contributed by atoms with Crippen LogP contribution in [0.3, 0.4) is 0 Å². The average molecular weight is 609 g/mol. The van der Waals surface area contributed by atoms with E-state index in [0.29, 0.717) is 15.8 Å². The molecule has 0 spiro atoms. The third kappa shape index (κ3) is 5.52. The molecule has 0 bridgehead atoms. The van der Waals surface area contributed by atoms with Crippen molar-refractivity contribution in [3.8, 4) is 0 Å². The molecule has 0 radical (unpaired) electrons. The number of rotatable bonds is 3. The maximum atomic E-state index is 11.9. The van der Waals surface area contributed by atoms with Crippen molar-refractivity contribution in [1.29, 1.82) is 0 Å². The zero-order valence-electron chi connectivity index (χ0n) is 14.1. The molecule has 0 saturated carbocycles. The summed E-state index contributed by atoms with van der Waals surface area (Å²) < 4.78 is 24.8. The number of aromatic nitrogens is 2. The van der Waals surface area contributed by atoms with Gasteiger partial charge in [-0.2, -0.15) is 4.90 Å². The summed E-state index contributed by atoms with van der Waals surface area (Å²) in [5.74, 6) is -0.967. The molecule has 27 heavy (non-hydrogen) atoms. The van der Waals surface area contributed by atoms with Crippen LogP contribution in [0.2, 0.25) is 5.15 Å². The van der Waals surface area contributed by atoms with E-state index in [9.17, 15) is 13.2 Å². The minimum absolute atomic E-state index is 0. The quantitative estimate of drug-likeness (QED) is 0.360. The van der Waals surface area contributed by atoms with Crippen molar-refractivity contribution >= 4 is 51.1 Å². The van der Waals surface area contributed by atoms with Gasteiger partial charge in [0.15, 0.2) is 0 Å². The van der Waals surface area contributed by atoms with Crippen molar-refractivity contribution in [3.63, 3.8) is 0 Å². The molecule has 7 nitrogen and oxygen atoms in total. The van der Waals surface area contributed by atoms with Crippen molar-refractivity contribution < 1.29 is 40.7 Å². The monoisotopic (exact) mass is 608 g/mol. The Morgan fingerprint density at radius 2 is 1.85 bits per heavy atom. The van der Waals surface area contributed by atoms with Gasteiger partial charge in [-0.3, -0.25) is 0 Å². The standard InChI is InChI=1S/C9H9ClN3O2S.C7H6O2S.Au/c1-13(2)16(14,15)6-3-4-8-7(5-6)9(10)12-11-8;8-7(9)5-3-1-2-4-6(5)10;/h3-5H,1-2H3;1-4,10H,(H,8,9);/q-1;;+3/p-1. The van der Waals surface area contributed by atoms with Gasteiger partial charge in [-0.15, -0.1) is 5.52 Å². The van der Waals surface area contributed by atoms with E-state index >= 15 is 0 Å². The summed E-state index contributed by atoms with van der Waals surface area (Å²) in [6.45, 7) is 0. The van der Waals surface area contributed by atoms with Crippen LogP contribution in [0, 0.1) is 0 Å². The van der Waals surface area contributed by atoms with Crippen LogP contribution in [-0.4, -0.2) is 43.0 Å².